The minimum absolute atomic E-state index is 0.256. The molecule has 0 aromatic heterocycles. The quantitative estimate of drug-likeness (QED) is 0.753. The zero-order valence-corrected chi connectivity index (χ0v) is 10.1. The highest BCUT2D eigenvalue weighted by molar-refractivity contribution is 5.64. The first kappa shape index (κ1) is 14.2. The summed E-state index contributed by atoms with van der Waals surface area (Å²) >= 11 is 0. The second-order valence-electron chi connectivity index (χ2n) is 4.45. The van der Waals surface area contributed by atoms with Crippen LogP contribution in [0, 0.1) is 5.41 Å². The maximum absolute atomic E-state index is 10.8. The summed E-state index contributed by atoms with van der Waals surface area (Å²) in [5.41, 5.74) is 4.77. The Morgan fingerprint density at radius 2 is 1.87 bits per heavy atom. The number of nitrogens with two attached hydrogens (primary N) is 1. The Morgan fingerprint density at radius 3 is 2.13 bits per heavy atom. The highest BCUT2D eigenvalue weighted by Crippen LogP contribution is 2.26. The van der Waals surface area contributed by atoms with E-state index in [4.69, 9.17) is 19.9 Å². The molecule has 5 nitrogen and oxygen atoms in total. The Bertz CT molecular complexity index is 200. The topological polar surface area (TPSA) is 70.8 Å². The lowest BCUT2D eigenvalue weighted by Crippen LogP contribution is -2.45. The first-order valence-electron chi connectivity index (χ1n) is 4.80. The van der Waals surface area contributed by atoms with Gasteiger partial charge < -0.3 is 19.9 Å². The third kappa shape index (κ3) is 4.99. The first-order chi connectivity index (χ1) is 6.82. The first-order valence-corrected chi connectivity index (χ1v) is 4.80. The maximum atomic E-state index is 10.8. The largest absolute Gasteiger partial charge is 0.443 e. The minimum Gasteiger partial charge on any atom is -0.443 e. The normalized spacial score (nSPS) is 15.8. The average Bonchev–Trinajstić information content (AvgIpc) is 2.09. The molecule has 0 aliphatic carbocycles. The molecule has 90 valence electrons. The molecule has 5 heteroatoms. The minimum atomic E-state index is -0.798. The van der Waals surface area contributed by atoms with Crippen molar-refractivity contribution in [2.45, 2.75) is 33.0 Å². The molecule has 15 heavy (non-hydrogen) atoms. The SMILES string of the molecule is COC[C@@H](OC)C(OC(N)=O)C(C)(C)C. The smallest absolute Gasteiger partial charge is 0.404 e. The summed E-state index contributed by atoms with van der Waals surface area (Å²) in [5, 5.41) is 0. The van der Waals surface area contributed by atoms with Gasteiger partial charge in [0.1, 0.15) is 12.2 Å². The number of hydrogen-bond donors (Lipinski definition) is 1. The van der Waals surface area contributed by atoms with Crippen molar-refractivity contribution in [3.05, 3.63) is 0 Å². The predicted octanol–water partition coefficient (Wildman–Crippen LogP) is 1.16. The van der Waals surface area contributed by atoms with Crippen LogP contribution in [0.1, 0.15) is 20.8 Å². The molecule has 0 saturated carbocycles. The van der Waals surface area contributed by atoms with Gasteiger partial charge in [-0.3, -0.25) is 0 Å². The van der Waals surface area contributed by atoms with Crippen LogP contribution in [0.4, 0.5) is 4.79 Å². The van der Waals surface area contributed by atoms with Gasteiger partial charge in [0.2, 0.25) is 0 Å². The van der Waals surface area contributed by atoms with Gasteiger partial charge in [-0.15, -0.1) is 0 Å². The second kappa shape index (κ2) is 5.92. The maximum Gasteiger partial charge on any atom is 0.404 e. The van der Waals surface area contributed by atoms with Crippen molar-refractivity contribution in [2.24, 2.45) is 11.1 Å². The molecule has 0 bridgehead atoms. The number of hydrogen-bond acceptors (Lipinski definition) is 4. The molecule has 1 amide bonds. The van der Waals surface area contributed by atoms with E-state index in [-0.39, 0.29) is 11.5 Å². The average molecular weight is 219 g/mol. The number of amides is 1. The van der Waals surface area contributed by atoms with Crippen LogP contribution in [0.15, 0.2) is 0 Å². The van der Waals surface area contributed by atoms with Crippen LogP contribution < -0.4 is 5.73 Å². The van der Waals surface area contributed by atoms with Crippen LogP contribution in [0.25, 0.3) is 0 Å². The fraction of sp³-hybridized carbons (Fsp3) is 0.900. The van der Waals surface area contributed by atoms with Gasteiger partial charge in [0.15, 0.2) is 0 Å². The molecule has 0 rings (SSSR count). The van der Waals surface area contributed by atoms with Crippen molar-refractivity contribution in [1.29, 1.82) is 0 Å². The van der Waals surface area contributed by atoms with E-state index in [1.807, 2.05) is 20.8 Å². The molecule has 0 aliphatic rings. The van der Waals surface area contributed by atoms with Gasteiger partial charge in [-0.1, -0.05) is 20.8 Å². The van der Waals surface area contributed by atoms with Crippen molar-refractivity contribution in [2.75, 3.05) is 20.8 Å². The van der Waals surface area contributed by atoms with Gasteiger partial charge in [-0.05, 0) is 0 Å². The fourth-order valence-corrected chi connectivity index (χ4v) is 1.38. The molecule has 0 saturated heterocycles. The summed E-state index contributed by atoms with van der Waals surface area (Å²) in [6.07, 6.45) is -1.55. The number of carbonyl (C=O) groups is 1. The third-order valence-corrected chi connectivity index (χ3v) is 2.07. The van der Waals surface area contributed by atoms with E-state index in [2.05, 4.69) is 0 Å². The van der Waals surface area contributed by atoms with Crippen LogP contribution in [-0.2, 0) is 14.2 Å². The molecule has 0 radical (unpaired) electrons. The van der Waals surface area contributed by atoms with E-state index in [1.54, 1.807) is 14.2 Å². The summed E-state index contributed by atoms with van der Waals surface area (Å²) < 4.78 is 15.3. The molecule has 2 atom stereocenters. The lowest BCUT2D eigenvalue weighted by Gasteiger charge is -2.34. The number of ether oxygens (including phenoxy) is 3. The van der Waals surface area contributed by atoms with E-state index in [1.165, 1.54) is 0 Å². The standard InChI is InChI=1S/C10H21NO4/c1-10(2,3)8(15-9(11)12)7(14-5)6-13-4/h7-8H,6H2,1-5H3,(H2,11,12)/t7-,8?/m1/s1. The number of primary amides is 1. The molecule has 0 aromatic rings. The summed E-state index contributed by atoms with van der Waals surface area (Å²) in [6, 6.07) is 0. The Morgan fingerprint density at radius 1 is 1.33 bits per heavy atom. The second-order valence-corrected chi connectivity index (χ2v) is 4.45. The molecule has 0 heterocycles. The van der Waals surface area contributed by atoms with Gasteiger partial charge in [0.25, 0.3) is 0 Å². The summed E-state index contributed by atoms with van der Waals surface area (Å²) in [7, 11) is 3.11. The van der Waals surface area contributed by atoms with Crippen LogP contribution in [0.2, 0.25) is 0 Å². The van der Waals surface area contributed by atoms with Gasteiger partial charge in [-0.25, -0.2) is 4.79 Å². The lowest BCUT2D eigenvalue weighted by atomic mass is 9.85. The van der Waals surface area contributed by atoms with Gasteiger partial charge >= 0.3 is 6.09 Å². The van der Waals surface area contributed by atoms with Crippen molar-refractivity contribution >= 4 is 6.09 Å². The van der Waals surface area contributed by atoms with E-state index in [9.17, 15) is 4.79 Å². The Labute approximate surface area is 90.9 Å². The molecular formula is C10H21NO4. The molecule has 0 spiro atoms. The molecule has 0 aliphatic heterocycles. The predicted molar refractivity (Wildman–Crippen MR) is 56.6 cm³/mol. The zero-order valence-electron chi connectivity index (χ0n) is 10.1. The molecule has 1 unspecified atom stereocenters. The molecule has 0 fully saturated rings. The van der Waals surface area contributed by atoms with Crippen molar-refractivity contribution < 1.29 is 19.0 Å². The summed E-state index contributed by atoms with van der Waals surface area (Å²) in [4.78, 5) is 10.8. The number of methoxy groups -OCH3 is 2. The van der Waals surface area contributed by atoms with Crippen LogP contribution >= 0.6 is 0 Å². The molecule has 2 N–H and O–H groups in total. The highest BCUT2D eigenvalue weighted by atomic mass is 16.6. The fourth-order valence-electron chi connectivity index (χ4n) is 1.38. The van der Waals surface area contributed by atoms with E-state index < -0.39 is 12.2 Å². The van der Waals surface area contributed by atoms with Gasteiger partial charge in [-0.2, -0.15) is 0 Å². The highest BCUT2D eigenvalue weighted by Gasteiger charge is 2.35. The Kier molecular flexibility index (Phi) is 5.60. The monoisotopic (exact) mass is 219 g/mol. The third-order valence-electron chi connectivity index (χ3n) is 2.07. The van der Waals surface area contributed by atoms with Crippen molar-refractivity contribution in [3.8, 4) is 0 Å². The van der Waals surface area contributed by atoms with Crippen LogP contribution in [-0.4, -0.2) is 39.1 Å². The number of rotatable bonds is 5. The Balaban J connectivity index is 4.65. The summed E-state index contributed by atoms with van der Waals surface area (Å²) in [5.74, 6) is 0. The zero-order chi connectivity index (χ0) is 12.1. The van der Waals surface area contributed by atoms with E-state index >= 15 is 0 Å². The lowest BCUT2D eigenvalue weighted by molar-refractivity contribution is -0.0934. The van der Waals surface area contributed by atoms with E-state index in [0.29, 0.717) is 6.61 Å². The van der Waals surface area contributed by atoms with Crippen LogP contribution in [0.5, 0.6) is 0 Å². The van der Waals surface area contributed by atoms with Crippen molar-refractivity contribution in [3.63, 3.8) is 0 Å². The van der Waals surface area contributed by atoms with Crippen LogP contribution in [0.3, 0.4) is 0 Å². The number of carbonyl (C=O) groups excluding carboxylic acids is 1. The van der Waals surface area contributed by atoms with Gasteiger partial charge in [0.05, 0.1) is 6.61 Å². The van der Waals surface area contributed by atoms with E-state index in [0.717, 1.165) is 0 Å². The summed E-state index contributed by atoms with van der Waals surface area (Å²) in [6.45, 7) is 6.19. The molecular weight excluding hydrogens is 198 g/mol. The Hall–Kier alpha value is -0.810. The molecule has 0 aromatic carbocycles. The van der Waals surface area contributed by atoms with Gasteiger partial charge in [0, 0.05) is 19.6 Å². The van der Waals surface area contributed by atoms with Crippen molar-refractivity contribution in [1.82, 2.24) is 0 Å².